The summed E-state index contributed by atoms with van der Waals surface area (Å²) in [5.74, 6) is 0. The molecule has 4 nitrogen and oxygen atoms in total. The topological polar surface area (TPSA) is 56.7 Å². The van der Waals surface area contributed by atoms with E-state index in [9.17, 15) is 0 Å². The lowest BCUT2D eigenvalue weighted by Crippen LogP contribution is -1.98. The Kier molecular flexibility index (Phi) is 3.03. The van der Waals surface area contributed by atoms with Gasteiger partial charge in [0.25, 0.3) is 0 Å². The van der Waals surface area contributed by atoms with Crippen LogP contribution in [0.25, 0.3) is 0 Å². The molecule has 2 rings (SSSR count). The molecule has 0 atom stereocenters. The summed E-state index contributed by atoms with van der Waals surface area (Å²) in [5, 5.41) is 4.11. The SMILES string of the molecule is Cn1cc(Sc2ccnc(CN)c2)cn1. The third-order valence-electron chi connectivity index (χ3n) is 1.91. The first-order valence-corrected chi connectivity index (χ1v) is 5.41. The molecule has 2 aromatic rings. The van der Waals surface area contributed by atoms with Crippen LogP contribution < -0.4 is 5.73 Å². The number of pyridine rings is 1. The molecule has 2 N–H and O–H groups in total. The minimum absolute atomic E-state index is 0.474. The number of nitrogens with zero attached hydrogens (tertiary/aromatic N) is 3. The van der Waals surface area contributed by atoms with Crippen LogP contribution in [0.1, 0.15) is 5.69 Å². The number of aryl methyl sites for hydroxylation is 1. The van der Waals surface area contributed by atoms with Crippen molar-refractivity contribution in [2.75, 3.05) is 0 Å². The normalized spacial score (nSPS) is 10.5. The summed E-state index contributed by atoms with van der Waals surface area (Å²) in [6, 6.07) is 3.97. The Morgan fingerprint density at radius 1 is 1.47 bits per heavy atom. The molecule has 0 spiro atoms. The van der Waals surface area contributed by atoms with Crippen LogP contribution >= 0.6 is 11.8 Å². The van der Waals surface area contributed by atoms with Gasteiger partial charge >= 0.3 is 0 Å². The van der Waals surface area contributed by atoms with Gasteiger partial charge in [-0.05, 0) is 12.1 Å². The van der Waals surface area contributed by atoms with Crippen LogP contribution in [0, 0.1) is 0 Å². The second-order valence-electron chi connectivity index (χ2n) is 3.14. The maximum atomic E-state index is 5.53. The lowest BCUT2D eigenvalue weighted by Gasteiger charge is -2.00. The highest BCUT2D eigenvalue weighted by Gasteiger charge is 2.00. The van der Waals surface area contributed by atoms with E-state index in [1.54, 1.807) is 22.6 Å². The van der Waals surface area contributed by atoms with E-state index in [0.29, 0.717) is 6.54 Å². The Balaban J connectivity index is 2.16. The van der Waals surface area contributed by atoms with Crippen molar-refractivity contribution in [3.05, 3.63) is 36.4 Å². The molecule has 0 aromatic carbocycles. The molecule has 2 heterocycles. The van der Waals surface area contributed by atoms with Crippen LogP contribution in [0.3, 0.4) is 0 Å². The second-order valence-corrected chi connectivity index (χ2v) is 4.29. The average Bonchev–Trinajstić information content (AvgIpc) is 2.64. The van der Waals surface area contributed by atoms with Crippen molar-refractivity contribution >= 4 is 11.8 Å². The van der Waals surface area contributed by atoms with E-state index in [4.69, 9.17) is 5.73 Å². The average molecular weight is 220 g/mol. The first-order chi connectivity index (χ1) is 7.28. The number of rotatable bonds is 3. The van der Waals surface area contributed by atoms with Crippen LogP contribution in [0.2, 0.25) is 0 Å². The predicted molar refractivity (Wildman–Crippen MR) is 59.5 cm³/mol. The molecule has 15 heavy (non-hydrogen) atoms. The monoisotopic (exact) mass is 220 g/mol. The van der Waals surface area contributed by atoms with Gasteiger partial charge in [0.15, 0.2) is 0 Å². The summed E-state index contributed by atoms with van der Waals surface area (Å²) in [7, 11) is 1.90. The van der Waals surface area contributed by atoms with Gasteiger partial charge in [0, 0.05) is 30.9 Å². The zero-order valence-electron chi connectivity index (χ0n) is 8.42. The van der Waals surface area contributed by atoms with E-state index in [-0.39, 0.29) is 0 Å². The van der Waals surface area contributed by atoms with Gasteiger partial charge in [-0.15, -0.1) is 0 Å². The highest BCUT2D eigenvalue weighted by atomic mass is 32.2. The van der Waals surface area contributed by atoms with Crippen molar-refractivity contribution in [1.29, 1.82) is 0 Å². The van der Waals surface area contributed by atoms with Crippen molar-refractivity contribution < 1.29 is 0 Å². The standard InChI is InChI=1S/C10H12N4S/c1-14-7-10(6-13-14)15-9-2-3-12-8(4-9)5-11/h2-4,6-7H,5,11H2,1H3. The molecule has 5 heteroatoms. The maximum absolute atomic E-state index is 5.53. The first-order valence-electron chi connectivity index (χ1n) is 4.59. The predicted octanol–water partition coefficient (Wildman–Crippen LogP) is 1.42. The van der Waals surface area contributed by atoms with E-state index < -0.39 is 0 Å². The minimum atomic E-state index is 0.474. The van der Waals surface area contributed by atoms with Crippen LogP contribution in [-0.2, 0) is 13.6 Å². The summed E-state index contributed by atoms with van der Waals surface area (Å²) in [5.41, 5.74) is 6.43. The zero-order chi connectivity index (χ0) is 10.7. The largest absolute Gasteiger partial charge is 0.325 e. The summed E-state index contributed by atoms with van der Waals surface area (Å²) in [4.78, 5) is 6.40. The Bertz CT molecular complexity index is 452. The first kappa shape index (κ1) is 10.2. The Labute approximate surface area is 92.5 Å². The summed E-state index contributed by atoms with van der Waals surface area (Å²) < 4.78 is 1.79. The molecule has 0 bridgehead atoms. The molecule has 2 aromatic heterocycles. The van der Waals surface area contributed by atoms with E-state index in [1.807, 2.05) is 31.6 Å². The fourth-order valence-corrected chi connectivity index (χ4v) is 2.12. The maximum Gasteiger partial charge on any atom is 0.0629 e. The molecule has 0 aliphatic rings. The number of hydrogen-bond acceptors (Lipinski definition) is 4. The number of aromatic nitrogens is 3. The Morgan fingerprint density at radius 3 is 3.00 bits per heavy atom. The number of nitrogens with two attached hydrogens (primary N) is 1. The molecule has 0 fully saturated rings. The molecule has 0 amide bonds. The summed E-state index contributed by atoms with van der Waals surface area (Å²) in [6.07, 6.45) is 5.60. The van der Waals surface area contributed by atoms with E-state index in [0.717, 1.165) is 15.5 Å². The van der Waals surface area contributed by atoms with Gasteiger partial charge in [0.05, 0.1) is 16.8 Å². The third-order valence-corrected chi connectivity index (χ3v) is 2.85. The van der Waals surface area contributed by atoms with E-state index in [1.165, 1.54) is 0 Å². The molecule has 0 aliphatic carbocycles. The van der Waals surface area contributed by atoms with Gasteiger partial charge in [-0.2, -0.15) is 5.10 Å². The fraction of sp³-hybridized carbons (Fsp3) is 0.200. The molecular weight excluding hydrogens is 208 g/mol. The number of hydrogen-bond donors (Lipinski definition) is 1. The smallest absolute Gasteiger partial charge is 0.0629 e. The van der Waals surface area contributed by atoms with Crippen LogP contribution in [0.4, 0.5) is 0 Å². The van der Waals surface area contributed by atoms with Gasteiger partial charge in [0.2, 0.25) is 0 Å². The minimum Gasteiger partial charge on any atom is -0.325 e. The molecule has 0 aliphatic heterocycles. The van der Waals surface area contributed by atoms with Crippen LogP contribution in [0.5, 0.6) is 0 Å². The molecular formula is C10H12N4S. The summed E-state index contributed by atoms with van der Waals surface area (Å²) in [6.45, 7) is 0.474. The van der Waals surface area contributed by atoms with Crippen molar-refractivity contribution in [2.45, 2.75) is 16.3 Å². The van der Waals surface area contributed by atoms with Crippen LogP contribution in [-0.4, -0.2) is 14.8 Å². The zero-order valence-corrected chi connectivity index (χ0v) is 9.24. The van der Waals surface area contributed by atoms with Crippen LogP contribution in [0.15, 0.2) is 40.5 Å². The quantitative estimate of drug-likeness (QED) is 0.850. The van der Waals surface area contributed by atoms with Gasteiger partial charge < -0.3 is 5.73 Å². The van der Waals surface area contributed by atoms with Gasteiger partial charge in [-0.1, -0.05) is 11.8 Å². The van der Waals surface area contributed by atoms with Crippen molar-refractivity contribution in [3.63, 3.8) is 0 Å². The highest BCUT2D eigenvalue weighted by Crippen LogP contribution is 2.26. The third kappa shape index (κ3) is 2.57. The summed E-state index contributed by atoms with van der Waals surface area (Å²) >= 11 is 1.66. The molecule has 0 unspecified atom stereocenters. The molecule has 0 saturated heterocycles. The van der Waals surface area contributed by atoms with Crippen molar-refractivity contribution in [1.82, 2.24) is 14.8 Å². The van der Waals surface area contributed by atoms with Gasteiger partial charge in [-0.3, -0.25) is 9.67 Å². The second kappa shape index (κ2) is 4.46. The fourth-order valence-electron chi connectivity index (χ4n) is 1.22. The molecule has 78 valence electrons. The Hall–Kier alpha value is -1.33. The van der Waals surface area contributed by atoms with Gasteiger partial charge in [-0.25, -0.2) is 0 Å². The lowest BCUT2D eigenvalue weighted by molar-refractivity contribution is 0.766. The van der Waals surface area contributed by atoms with E-state index >= 15 is 0 Å². The van der Waals surface area contributed by atoms with E-state index in [2.05, 4.69) is 10.1 Å². The molecule has 0 radical (unpaired) electrons. The lowest BCUT2D eigenvalue weighted by atomic mass is 10.3. The Morgan fingerprint density at radius 2 is 2.33 bits per heavy atom. The highest BCUT2D eigenvalue weighted by molar-refractivity contribution is 7.99. The van der Waals surface area contributed by atoms with Crippen molar-refractivity contribution in [2.24, 2.45) is 12.8 Å². The van der Waals surface area contributed by atoms with Crippen molar-refractivity contribution in [3.8, 4) is 0 Å². The molecule has 0 saturated carbocycles. The van der Waals surface area contributed by atoms with Gasteiger partial charge in [0.1, 0.15) is 0 Å².